The maximum Gasteiger partial charge on any atom is 0.191 e. The lowest BCUT2D eigenvalue weighted by molar-refractivity contribution is 1.03. The van der Waals surface area contributed by atoms with E-state index in [0.717, 1.165) is 22.0 Å². The zero-order valence-corrected chi connectivity index (χ0v) is 13.2. The quantitative estimate of drug-likeness (QED) is 0.518. The Morgan fingerprint density at radius 1 is 1.35 bits per heavy atom. The van der Waals surface area contributed by atoms with E-state index in [1.807, 2.05) is 31.4 Å². The molecule has 0 unspecified atom stereocenters. The van der Waals surface area contributed by atoms with Gasteiger partial charge in [-0.1, -0.05) is 17.7 Å². The van der Waals surface area contributed by atoms with Gasteiger partial charge in [0.15, 0.2) is 5.11 Å². The van der Waals surface area contributed by atoms with Crippen LogP contribution in [0.5, 0.6) is 0 Å². The topological polar surface area (TPSA) is 49.3 Å². The van der Waals surface area contributed by atoms with Gasteiger partial charge in [0.05, 0.1) is 5.71 Å². The Morgan fingerprint density at radius 2 is 2.15 bits per heavy atom. The molecule has 0 amide bonds. The highest BCUT2D eigenvalue weighted by Crippen LogP contribution is 2.15. The Kier molecular flexibility index (Phi) is 4.81. The Hall–Kier alpha value is -1.79. The molecule has 0 radical (unpaired) electrons. The second-order valence-corrected chi connectivity index (χ2v) is 5.72. The minimum absolute atomic E-state index is 0.466. The van der Waals surface area contributed by atoms with E-state index in [9.17, 15) is 0 Å². The highest BCUT2D eigenvalue weighted by Gasteiger charge is 2.02. The number of hydrogen-bond acceptors (Lipinski definition) is 4. The highest BCUT2D eigenvalue weighted by molar-refractivity contribution is 7.80. The number of aryl methyl sites for hydroxylation is 2. The van der Waals surface area contributed by atoms with Crippen LogP contribution in [0.2, 0.25) is 0 Å². The summed E-state index contributed by atoms with van der Waals surface area (Å²) in [6, 6.07) is 6.16. The van der Waals surface area contributed by atoms with Crippen LogP contribution in [0.15, 0.2) is 34.9 Å². The van der Waals surface area contributed by atoms with Crippen LogP contribution in [-0.4, -0.2) is 15.8 Å². The summed E-state index contributed by atoms with van der Waals surface area (Å²) in [7, 11) is 0. The van der Waals surface area contributed by atoms with Crippen molar-refractivity contribution >= 4 is 40.1 Å². The van der Waals surface area contributed by atoms with Crippen molar-refractivity contribution < 1.29 is 0 Å². The van der Waals surface area contributed by atoms with E-state index in [0.29, 0.717) is 5.11 Å². The summed E-state index contributed by atoms with van der Waals surface area (Å²) in [5, 5.41) is 10.6. The minimum atomic E-state index is 0.466. The van der Waals surface area contributed by atoms with Gasteiger partial charge in [-0.2, -0.15) is 5.10 Å². The molecular weight excluding hydrogens is 288 g/mol. The van der Waals surface area contributed by atoms with Crippen molar-refractivity contribution in [3.05, 3.63) is 45.9 Å². The van der Waals surface area contributed by atoms with Gasteiger partial charge in [-0.3, -0.25) is 5.43 Å². The first kappa shape index (κ1) is 14.6. The van der Waals surface area contributed by atoms with Crippen molar-refractivity contribution in [1.82, 2.24) is 10.4 Å². The molecule has 1 heterocycles. The zero-order chi connectivity index (χ0) is 14.5. The summed E-state index contributed by atoms with van der Waals surface area (Å²) in [6.07, 6.45) is 1.76. The van der Waals surface area contributed by atoms with Crippen LogP contribution in [0, 0.1) is 13.8 Å². The van der Waals surface area contributed by atoms with Crippen molar-refractivity contribution in [3.8, 4) is 0 Å². The predicted molar refractivity (Wildman–Crippen MR) is 89.6 cm³/mol. The average molecular weight is 304 g/mol. The summed E-state index contributed by atoms with van der Waals surface area (Å²) in [5.74, 6) is 0. The third-order valence-corrected chi connectivity index (χ3v) is 3.77. The normalized spacial score (nSPS) is 11.2. The Bertz CT molecular complexity index is 633. The molecule has 0 spiro atoms. The Morgan fingerprint density at radius 3 is 2.80 bits per heavy atom. The van der Waals surface area contributed by atoms with Crippen molar-refractivity contribution in [2.45, 2.75) is 20.8 Å². The molecule has 2 rings (SSSR count). The van der Waals surface area contributed by atoms with Gasteiger partial charge in [-0.15, -0.1) is 11.3 Å². The summed E-state index contributed by atoms with van der Waals surface area (Å²) in [5.41, 5.74) is 7.00. The molecule has 0 aliphatic rings. The Labute approximate surface area is 127 Å². The smallest absolute Gasteiger partial charge is 0.191 e. The molecule has 0 aliphatic carbocycles. The van der Waals surface area contributed by atoms with E-state index in [2.05, 4.69) is 33.8 Å². The number of anilines is 1. The fraction of sp³-hybridized carbons (Fsp3) is 0.214. The number of nitrogens with zero attached hydrogens (tertiary/aromatic N) is 2. The largest absolute Gasteiger partial charge is 0.331 e. The molecule has 0 aliphatic heterocycles. The molecule has 20 heavy (non-hydrogen) atoms. The third kappa shape index (κ3) is 3.85. The first-order valence-corrected chi connectivity index (χ1v) is 7.43. The molecule has 1 aromatic heterocycles. The van der Waals surface area contributed by atoms with Crippen LogP contribution >= 0.6 is 23.6 Å². The fourth-order valence-corrected chi connectivity index (χ4v) is 2.43. The lowest BCUT2D eigenvalue weighted by atomic mass is 10.1. The number of hydrazone groups is 1. The predicted octanol–water partition coefficient (Wildman–Crippen LogP) is 3.47. The maximum absolute atomic E-state index is 5.23. The number of benzene rings is 1. The van der Waals surface area contributed by atoms with Gasteiger partial charge in [0.25, 0.3) is 0 Å². The first-order valence-electron chi connectivity index (χ1n) is 6.14. The second-order valence-electron chi connectivity index (χ2n) is 4.42. The van der Waals surface area contributed by atoms with Gasteiger partial charge < -0.3 is 5.32 Å². The lowest BCUT2D eigenvalue weighted by Crippen LogP contribution is -2.25. The van der Waals surface area contributed by atoms with E-state index in [1.54, 1.807) is 17.5 Å². The van der Waals surface area contributed by atoms with Crippen LogP contribution in [0.4, 0.5) is 5.69 Å². The van der Waals surface area contributed by atoms with E-state index in [4.69, 9.17) is 12.2 Å². The van der Waals surface area contributed by atoms with Gasteiger partial charge >= 0.3 is 0 Å². The Balaban J connectivity index is 1.97. The average Bonchev–Trinajstić information content (AvgIpc) is 2.93. The van der Waals surface area contributed by atoms with E-state index < -0.39 is 0 Å². The minimum Gasteiger partial charge on any atom is -0.331 e. The molecule has 0 bridgehead atoms. The molecule has 2 aromatic rings. The van der Waals surface area contributed by atoms with E-state index in [1.165, 1.54) is 5.56 Å². The standard InChI is InChI=1S/C14H16N4S2/c1-9-4-5-12(10(2)8-9)16-14(19)18-17-11(3)13-15-6-7-20-13/h4-8H,1-3H3,(H2,16,18,19). The molecular formula is C14H16N4S2. The molecule has 0 fully saturated rings. The number of rotatable bonds is 3. The lowest BCUT2D eigenvalue weighted by Gasteiger charge is -2.10. The van der Waals surface area contributed by atoms with Gasteiger partial charge in [-0.05, 0) is 44.6 Å². The van der Waals surface area contributed by atoms with E-state index >= 15 is 0 Å². The van der Waals surface area contributed by atoms with Crippen LogP contribution in [-0.2, 0) is 0 Å². The van der Waals surface area contributed by atoms with Crippen molar-refractivity contribution in [2.75, 3.05) is 5.32 Å². The molecule has 104 valence electrons. The molecule has 4 nitrogen and oxygen atoms in total. The molecule has 1 aromatic carbocycles. The SMILES string of the molecule is CC(=NNC(=S)Nc1ccc(C)cc1C)c1nccs1. The van der Waals surface area contributed by atoms with E-state index in [-0.39, 0.29) is 0 Å². The van der Waals surface area contributed by atoms with Crippen molar-refractivity contribution in [3.63, 3.8) is 0 Å². The van der Waals surface area contributed by atoms with Crippen LogP contribution < -0.4 is 10.7 Å². The van der Waals surface area contributed by atoms with Crippen LogP contribution in [0.25, 0.3) is 0 Å². The highest BCUT2D eigenvalue weighted by atomic mass is 32.1. The van der Waals surface area contributed by atoms with Crippen molar-refractivity contribution in [2.24, 2.45) is 5.10 Å². The number of hydrogen-bond donors (Lipinski definition) is 2. The number of aromatic nitrogens is 1. The summed E-state index contributed by atoms with van der Waals surface area (Å²) in [6.45, 7) is 6.00. The molecule has 2 N–H and O–H groups in total. The van der Waals surface area contributed by atoms with Gasteiger partial charge in [-0.25, -0.2) is 4.98 Å². The van der Waals surface area contributed by atoms with Crippen LogP contribution in [0.1, 0.15) is 23.1 Å². The summed E-state index contributed by atoms with van der Waals surface area (Å²) >= 11 is 6.78. The van der Waals surface area contributed by atoms with Gasteiger partial charge in [0.2, 0.25) is 0 Å². The number of nitrogens with one attached hydrogen (secondary N) is 2. The zero-order valence-electron chi connectivity index (χ0n) is 11.6. The summed E-state index contributed by atoms with van der Waals surface area (Å²) in [4.78, 5) is 4.19. The van der Waals surface area contributed by atoms with Crippen molar-refractivity contribution in [1.29, 1.82) is 0 Å². The first-order chi connectivity index (χ1) is 9.56. The third-order valence-electron chi connectivity index (χ3n) is 2.70. The fourth-order valence-electron chi connectivity index (χ4n) is 1.69. The number of thiocarbonyl (C=S) groups is 1. The van der Waals surface area contributed by atoms with Crippen LogP contribution in [0.3, 0.4) is 0 Å². The molecule has 0 saturated carbocycles. The number of thiazole rings is 1. The summed E-state index contributed by atoms with van der Waals surface area (Å²) < 4.78 is 0. The molecule has 0 saturated heterocycles. The molecule has 6 heteroatoms. The monoisotopic (exact) mass is 304 g/mol. The molecule has 0 atom stereocenters. The van der Waals surface area contributed by atoms with Gasteiger partial charge in [0, 0.05) is 17.3 Å². The second kappa shape index (κ2) is 6.58. The van der Waals surface area contributed by atoms with Gasteiger partial charge in [0.1, 0.15) is 5.01 Å². The maximum atomic E-state index is 5.23.